The molecule has 2 aromatic carbocycles. The zero-order chi connectivity index (χ0) is 31.0. The van der Waals surface area contributed by atoms with Crippen LogP contribution in [0.1, 0.15) is 53.5 Å². The van der Waals surface area contributed by atoms with Crippen LogP contribution in [0.2, 0.25) is 15.3 Å². The lowest BCUT2D eigenvalue weighted by Crippen LogP contribution is -2.68. The lowest BCUT2D eigenvalue weighted by atomic mass is 10.1. The SMILES string of the molecule is CC(C)(C)OC(=O)N1C[C@H](c2ncc3c(Cl)ncc(Cl)n23)OC[C@H]1CO[Si](c1ccccc1)(c1ccccc1)C(C)(C)C. The number of ether oxygens (including phenoxy) is 2. The number of hydrogen-bond acceptors (Lipinski definition) is 6. The second-order valence-electron chi connectivity index (χ2n) is 12.8. The summed E-state index contributed by atoms with van der Waals surface area (Å²) in [7, 11) is -2.85. The van der Waals surface area contributed by atoms with E-state index in [-0.39, 0.29) is 29.9 Å². The molecule has 5 rings (SSSR count). The third-order valence-corrected chi connectivity index (χ3v) is 13.2. The van der Waals surface area contributed by atoms with Crippen LogP contribution >= 0.6 is 23.2 Å². The summed E-state index contributed by atoms with van der Waals surface area (Å²) in [6.45, 7) is 12.9. The Kier molecular flexibility index (Phi) is 8.93. The third-order valence-electron chi connectivity index (χ3n) is 7.62. The van der Waals surface area contributed by atoms with Gasteiger partial charge in [-0.3, -0.25) is 9.30 Å². The topological polar surface area (TPSA) is 78.2 Å². The first-order chi connectivity index (χ1) is 20.3. The minimum atomic E-state index is -2.85. The summed E-state index contributed by atoms with van der Waals surface area (Å²) in [5.41, 5.74) is -0.120. The molecule has 0 spiro atoms. The van der Waals surface area contributed by atoms with E-state index in [9.17, 15) is 4.79 Å². The maximum absolute atomic E-state index is 13.7. The Morgan fingerprint density at radius 3 is 2.12 bits per heavy atom. The van der Waals surface area contributed by atoms with Crippen molar-refractivity contribution < 1.29 is 18.7 Å². The fraction of sp³-hybridized carbons (Fsp3) is 0.406. The van der Waals surface area contributed by atoms with Crippen molar-refractivity contribution in [2.75, 3.05) is 19.8 Å². The van der Waals surface area contributed by atoms with Crippen LogP contribution in [-0.4, -0.2) is 65.1 Å². The fourth-order valence-corrected chi connectivity index (χ4v) is 10.7. The molecule has 2 atom stereocenters. The number of benzene rings is 2. The van der Waals surface area contributed by atoms with Crippen LogP contribution in [0, 0.1) is 0 Å². The number of rotatable bonds is 6. The maximum Gasteiger partial charge on any atom is 0.410 e. The first-order valence-corrected chi connectivity index (χ1v) is 17.0. The normalized spacial score (nSPS) is 18.2. The summed E-state index contributed by atoms with van der Waals surface area (Å²) in [4.78, 5) is 24.1. The Morgan fingerprint density at radius 2 is 1.56 bits per heavy atom. The van der Waals surface area contributed by atoms with Crippen LogP contribution in [-0.2, 0) is 13.9 Å². The minimum absolute atomic E-state index is 0.194. The predicted molar refractivity (Wildman–Crippen MR) is 172 cm³/mol. The molecule has 2 aromatic heterocycles. The van der Waals surface area contributed by atoms with Gasteiger partial charge in [-0.15, -0.1) is 0 Å². The van der Waals surface area contributed by atoms with Crippen LogP contribution in [0.3, 0.4) is 0 Å². The second-order valence-corrected chi connectivity index (χ2v) is 17.8. The maximum atomic E-state index is 13.7. The van der Waals surface area contributed by atoms with E-state index < -0.39 is 32.2 Å². The highest BCUT2D eigenvalue weighted by Gasteiger charge is 2.51. The van der Waals surface area contributed by atoms with E-state index in [0.29, 0.717) is 16.5 Å². The van der Waals surface area contributed by atoms with E-state index in [1.54, 1.807) is 15.5 Å². The molecule has 0 saturated carbocycles. The summed E-state index contributed by atoms with van der Waals surface area (Å²) in [6, 6.07) is 20.4. The highest BCUT2D eigenvalue weighted by atomic mass is 35.5. The molecule has 43 heavy (non-hydrogen) atoms. The summed E-state index contributed by atoms with van der Waals surface area (Å²) < 4.78 is 21.2. The average Bonchev–Trinajstić information content (AvgIpc) is 3.42. The van der Waals surface area contributed by atoms with Gasteiger partial charge in [0.2, 0.25) is 0 Å². The number of halogens is 2. The molecule has 0 aliphatic carbocycles. The van der Waals surface area contributed by atoms with Gasteiger partial charge in [0.25, 0.3) is 8.32 Å². The first-order valence-electron chi connectivity index (χ1n) is 14.4. The molecule has 1 aliphatic rings. The zero-order valence-electron chi connectivity index (χ0n) is 25.4. The standard InChI is InChI=1S/C32H38Cl2N4O4Si/c1-31(2,3)42-30(39)37-19-26(29-36-17-25-28(34)35-18-27(33)38(25)29)40-20-22(37)21-41-43(32(4,5)6,23-13-9-7-10-14-23)24-15-11-8-12-16-24/h7-18,22,26H,19-21H2,1-6H3/t22-,26+/m0/s1. The number of nitrogens with zero attached hydrogens (tertiary/aromatic N) is 4. The van der Waals surface area contributed by atoms with Crippen molar-refractivity contribution in [3.8, 4) is 0 Å². The van der Waals surface area contributed by atoms with E-state index in [1.165, 1.54) is 6.20 Å². The number of imidazole rings is 1. The van der Waals surface area contributed by atoms with E-state index in [4.69, 9.17) is 37.1 Å². The number of carbonyl (C=O) groups excluding carboxylic acids is 1. The van der Waals surface area contributed by atoms with Crippen LogP contribution in [0.25, 0.3) is 5.52 Å². The molecule has 228 valence electrons. The summed E-state index contributed by atoms with van der Waals surface area (Å²) in [5.74, 6) is 0.532. The van der Waals surface area contributed by atoms with Crippen molar-refractivity contribution in [3.05, 3.63) is 89.2 Å². The summed E-state index contributed by atoms with van der Waals surface area (Å²) in [5, 5.41) is 2.73. The zero-order valence-corrected chi connectivity index (χ0v) is 27.9. The van der Waals surface area contributed by atoms with E-state index in [0.717, 1.165) is 10.4 Å². The molecule has 0 bridgehead atoms. The summed E-state index contributed by atoms with van der Waals surface area (Å²) in [6.07, 6.45) is 2.06. The van der Waals surface area contributed by atoms with E-state index >= 15 is 0 Å². The highest BCUT2D eigenvalue weighted by Crippen LogP contribution is 2.38. The molecule has 4 aromatic rings. The van der Waals surface area contributed by atoms with Crippen molar-refractivity contribution in [2.45, 2.75) is 64.3 Å². The molecule has 1 aliphatic heterocycles. The Hall–Kier alpha value is -2.95. The van der Waals surface area contributed by atoms with Crippen LogP contribution < -0.4 is 10.4 Å². The molecular weight excluding hydrogens is 603 g/mol. The lowest BCUT2D eigenvalue weighted by molar-refractivity contribution is -0.0830. The van der Waals surface area contributed by atoms with Gasteiger partial charge in [-0.05, 0) is 36.2 Å². The Morgan fingerprint density at radius 1 is 0.953 bits per heavy atom. The predicted octanol–water partition coefficient (Wildman–Crippen LogP) is 6.29. The van der Waals surface area contributed by atoms with Gasteiger partial charge in [-0.1, -0.05) is 105 Å². The quantitative estimate of drug-likeness (QED) is 0.231. The van der Waals surface area contributed by atoms with Crippen molar-refractivity contribution in [1.82, 2.24) is 19.3 Å². The van der Waals surface area contributed by atoms with Crippen LogP contribution in [0.4, 0.5) is 4.79 Å². The average molecular weight is 642 g/mol. The highest BCUT2D eigenvalue weighted by molar-refractivity contribution is 6.99. The number of carbonyl (C=O) groups is 1. The smallest absolute Gasteiger partial charge is 0.410 e. The molecule has 0 radical (unpaired) electrons. The van der Waals surface area contributed by atoms with E-state index in [2.05, 4.69) is 79.3 Å². The van der Waals surface area contributed by atoms with Crippen molar-refractivity contribution in [2.24, 2.45) is 0 Å². The minimum Gasteiger partial charge on any atom is -0.444 e. The van der Waals surface area contributed by atoms with Gasteiger partial charge in [0.1, 0.15) is 28.2 Å². The Bertz CT molecular complexity index is 1530. The first kappa shape index (κ1) is 31.5. The molecule has 0 unspecified atom stereocenters. The van der Waals surface area contributed by atoms with Gasteiger partial charge in [0, 0.05) is 0 Å². The van der Waals surface area contributed by atoms with E-state index in [1.807, 2.05) is 32.9 Å². The second kappa shape index (κ2) is 12.2. The number of aromatic nitrogens is 3. The van der Waals surface area contributed by atoms with Crippen LogP contribution in [0.15, 0.2) is 73.1 Å². The monoisotopic (exact) mass is 640 g/mol. The Balaban J connectivity index is 1.50. The number of morpholine rings is 1. The van der Waals surface area contributed by atoms with Gasteiger partial charge in [-0.25, -0.2) is 14.8 Å². The van der Waals surface area contributed by atoms with Gasteiger partial charge in [-0.2, -0.15) is 0 Å². The molecule has 8 nitrogen and oxygen atoms in total. The van der Waals surface area contributed by atoms with Crippen LogP contribution in [0.5, 0.6) is 0 Å². The Labute approximate surface area is 264 Å². The lowest BCUT2D eigenvalue weighted by Gasteiger charge is -2.45. The van der Waals surface area contributed by atoms with Crippen molar-refractivity contribution >= 4 is 53.5 Å². The number of fused-ring (bicyclic) bond motifs is 1. The molecule has 1 amide bonds. The molecule has 3 heterocycles. The molecular formula is C32H38Cl2N4O4Si. The molecule has 0 N–H and O–H groups in total. The summed E-state index contributed by atoms with van der Waals surface area (Å²) >= 11 is 12.8. The van der Waals surface area contributed by atoms with Gasteiger partial charge in [0.05, 0.1) is 38.2 Å². The largest absolute Gasteiger partial charge is 0.444 e. The third kappa shape index (κ3) is 6.33. The fourth-order valence-electron chi connectivity index (χ4n) is 5.72. The molecule has 1 saturated heterocycles. The van der Waals surface area contributed by atoms with Crippen molar-refractivity contribution in [1.29, 1.82) is 0 Å². The number of amides is 1. The van der Waals surface area contributed by atoms with Gasteiger partial charge >= 0.3 is 6.09 Å². The van der Waals surface area contributed by atoms with Gasteiger partial charge < -0.3 is 13.9 Å². The molecule has 1 fully saturated rings. The van der Waals surface area contributed by atoms with Crippen molar-refractivity contribution in [3.63, 3.8) is 0 Å². The molecule has 11 heteroatoms. The van der Waals surface area contributed by atoms with Gasteiger partial charge in [0.15, 0.2) is 5.15 Å². The number of hydrogen-bond donors (Lipinski definition) is 0.